The van der Waals surface area contributed by atoms with E-state index in [2.05, 4.69) is 15.3 Å². The SMILES string of the molecule is CCCCc1nc(Cl)c(C(=O)N[C@@H](CC(=O)NO)Cc2ccncc2)n1Cc1ccc(C(=O)O)cc1. The van der Waals surface area contributed by atoms with E-state index in [1.54, 1.807) is 46.7 Å². The molecule has 0 bridgehead atoms. The third kappa shape index (κ3) is 7.12. The van der Waals surface area contributed by atoms with E-state index in [0.29, 0.717) is 18.7 Å². The van der Waals surface area contributed by atoms with Crippen LogP contribution in [0.15, 0.2) is 48.8 Å². The van der Waals surface area contributed by atoms with Crippen LogP contribution < -0.4 is 10.8 Å². The normalized spacial score (nSPS) is 11.6. The molecule has 0 aliphatic rings. The van der Waals surface area contributed by atoms with Crippen molar-refractivity contribution in [1.82, 2.24) is 25.3 Å². The van der Waals surface area contributed by atoms with Gasteiger partial charge in [-0.25, -0.2) is 15.3 Å². The highest BCUT2D eigenvalue weighted by Gasteiger charge is 2.25. The molecule has 3 aromatic rings. The number of nitrogens with one attached hydrogen (secondary N) is 2. The number of nitrogens with zero attached hydrogens (tertiary/aromatic N) is 3. The van der Waals surface area contributed by atoms with E-state index < -0.39 is 23.8 Å². The van der Waals surface area contributed by atoms with Gasteiger partial charge < -0.3 is 15.0 Å². The van der Waals surface area contributed by atoms with Gasteiger partial charge in [0.2, 0.25) is 5.91 Å². The molecule has 0 fully saturated rings. The van der Waals surface area contributed by atoms with E-state index in [1.807, 2.05) is 6.92 Å². The van der Waals surface area contributed by atoms with Crippen LogP contribution in [-0.4, -0.2) is 48.7 Å². The molecule has 1 aromatic carbocycles. The maximum Gasteiger partial charge on any atom is 0.335 e. The number of unbranched alkanes of at least 4 members (excludes halogenated alkanes) is 1. The minimum Gasteiger partial charge on any atom is -0.478 e. The van der Waals surface area contributed by atoms with Crippen LogP contribution in [-0.2, 0) is 24.2 Å². The number of carbonyl (C=O) groups excluding carboxylic acids is 2. The monoisotopic (exact) mass is 513 g/mol. The lowest BCUT2D eigenvalue weighted by molar-refractivity contribution is -0.129. The number of rotatable bonds is 12. The number of imidazole rings is 1. The number of hydroxylamine groups is 1. The number of carboxylic acids is 1. The number of carbonyl (C=O) groups is 3. The van der Waals surface area contributed by atoms with Crippen molar-refractivity contribution in [3.05, 3.63) is 82.2 Å². The Hall–Kier alpha value is -3.76. The summed E-state index contributed by atoms with van der Waals surface area (Å²) in [5, 5.41) is 21.1. The second-order valence-electron chi connectivity index (χ2n) is 8.33. The van der Waals surface area contributed by atoms with Crippen molar-refractivity contribution < 1.29 is 24.7 Å². The van der Waals surface area contributed by atoms with E-state index in [9.17, 15) is 14.4 Å². The molecule has 0 spiro atoms. The Bertz CT molecular complexity index is 1200. The minimum atomic E-state index is -1.02. The second-order valence-corrected chi connectivity index (χ2v) is 8.69. The highest BCUT2D eigenvalue weighted by molar-refractivity contribution is 6.32. The van der Waals surface area contributed by atoms with Gasteiger partial charge >= 0.3 is 5.97 Å². The van der Waals surface area contributed by atoms with Crippen molar-refractivity contribution in [3.63, 3.8) is 0 Å². The molecule has 0 aliphatic heterocycles. The predicted molar refractivity (Wildman–Crippen MR) is 132 cm³/mol. The number of halogens is 1. The fourth-order valence-corrected chi connectivity index (χ4v) is 4.10. The summed E-state index contributed by atoms with van der Waals surface area (Å²) < 4.78 is 1.72. The van der Waals surface area contributed by atoms with Crippen LogP contribution in [0.3, 0.4) is 0 Å². The Kier molecular flexibility index (Phi) is 9.54. The first kappa shape index (κ1) is 26.8. The molecule has 0 unspecified atom stereocenters. The molecule has 0 saturated heterocycles. The number of pyridine rings is 1. The van der Waals surface area contributed by atoms with Gasteiger partial charge in [0.15, 0.2) is 5.15 Å². The standard InChI is InChI=1S/C25H28ClN5O5/c1-2-3-4-20-29-23(26)22(31(20)15-17-5-7-18(8-6-17)25(34)35)24(33)28-19(14-21(32)30-36)13-16-9-11-27-12-10-16/h5-12,19,36H,2-4,13-15H2,1H3,(H,28,33)(H,30,32)(H,34,35)/t19-/m1/s1. The largest absolute Gasteiger partial charge is 0.478 e. The first-order valence-electron chi connectivity index (χ1n) is 11.5. The minimum absolute atomic E-state index is 0.0371. The van der Waals surface area contributed by atoms with Crippen LogP contribution in [0.1, 0.15) is 64.0 Å². The van der Waals surface area contributed by atoms with Crippen molar-refractivity contribution in [1.29, 1.82) is 0 Å². The number of hydrogen-bond acceptors (Lipinski definition) is 6. The number of hydrogen-bond donors (Lipinski definition) is 4. The van der Waals surface area contributed by atoms with E-state index in [1.165, 1.54) is 12.1 Å². The van der Waals surface area contributed by atoms with E-state index in [0.717, 1.165) is 24.0 Å². The Balaban J connectivity index is 1.91. The van der Waals surface area contributed by atoms with Crippen molar-refractivity contribution in [2.24, 2.45) is 0 Å². The first-order chi connectivity index (χ1) is 17.3. The molecule has 11 heteroatoms. The second kappa shape index (κ2) is 12.8. The highest BCUT2D eigenvalue weighted by Crippen LogP contribution is 2.22. The molecule has 0 aliphatic carbocycles. The quantitative estimate of drug-likeness (QED) is 0.215. The summed E-state index contributed by atoms with van der Waals surface area (Å²) in [6.45, 7) is 2.30. The number of aryl methyl sites for hydroxylation is 1. The third-order valence-corrected chi connectivity index (χ3v) is 5.90. The fraction of sp³-hybridized carbons (Fsp3) is 0.320. The third-order valence-electron chi connectivity index (χ3n) is 5.64. The van der Waals surface area contributed by atoms with Crippen LogP contribution in [0.5, 0.6) is 0 Å². The van der Waals surface area contributed by atoms with Crippen LogP contribution in [0.4, 0.5) is 0 Å². The summed E-state index contributed by atoms with van der Waals surface area (Å²) in [5.74, 6) is -1.55. The fourth-order valence-electron chi connectivity index (χ4n) is 3.82. The molecule has 0 radical (unpaired) electrons. The molecule has 1 atom stereocenters. The lowest BCUT2D eigenvalue weighted by atomic mass is 10.0. The van der Waals surface area contributed by atoms with Gasteiger partial charge in [-0.15, -0.1) is 0 Å². The lowest BCUT2D eigenvalue weighted by Crippen LogP contribution is -2.41. The van der Waals surface area contributed by atoms with Crippen molar-refractivity contribution in [2.75, 3.05) is 0 Å². The Morgan fingerprint density at radius 1 is 1.08 bits per heavy atom. The molecular formula is C25H28ClN5O5. The maximum absolute atomic E-state index is 13.4. The van der Waals surface area contributed by atoms with Crippen LogP contribution >= 0.6 is 11.6 Å². The van der Waals surface area contributed by atoms with Gasteiger partial charge in [-0.3, -0.25) is 19.8 Å². The molecule has 2 aromatic heterocycles. The van der Waals surface area contributed by atoms with Gasteiger partial charge in [0, 0.05) is 37.8 Å². The molecule has 3 rings (SSSR count). The summed E-state index contributed by atoms with van der Waals surface area (Å²) in [4.78, 5) is 44.9. The van der Waals surface area contributed by atoms with Gasteiger partial charge in [0.25, 0.3) is 5.91 Å². The van der Waals surface area contributed by atoms with Gasteiger partial charge in [-0.2, -0.15) is 0 Å². The average molecular weight is 514 g/mol. The zero-order valence-electron chi connectivity index (χ0n) is 19.8. The molecular weight excluding hydrogens is 486 g/mol. The van der Waals surface area contributed by atoms with Crippen LogP contribution in [0, 0.1) is 0 Å². The van der Waals surface area contributed by atoms with Crippen molar-refractivity contribution in [2.45, 2.75) is 51.6 Å². The number of carboxylic acid groups (broad SMARTS) is 1. The summed E-state index contributed by atoms with van der Waals surface area (Å²) >= 11 is 6.44. The number of amides is 2. The summed E-state index contributed by atoms with van der Waals surface area (Å²) in [7, 11) is 0. The van der Waals surface area contributed by atoms with E-state index in [4.69, 9.17) is 21.9 Å². The van der Waals surface area contributed by atoms with E-state index in [-0.39, 0.29) is 29.4 Å². The zero-order valence-corrected chi connectivity index (χ0v) is 20.5. The highest BCUT2D eigenvalue weighted by atomic mass is 35.5. The molecule has 10 nitrogen and oxygen atoms in total. The number of aromatic carboxylic acids is 1. The zero-order chi connectivity index (χ0) is 26.1. The Morgan fingerprint density at radius 3 is 2.39 bits per heavy atom. The van der Waals surface area contributed by atoms with Gasteiger partial charge in [0.1, 0.15) is 11.5 Å². The van der Waals surface area contributed by atoms with Crippen LogP contribution in [0.25, 0.3) is 0 Å². The van der Waals surface area contributed by atoms with Crippen molar-refractivity contribution in [3.8, 4) is 0 Å². The molecule has 2 heterocycles. The first-order valence-corrected chi connectivity index (χ1v) is 11.9. The molecule has 36 heavy (non-hydrogen) atoms. The van der Waals surface area contributed by atoms with E-state index >= 15 is 0 Å². The summed E-state index contributed by atoms with van der Waals surface area (Å²) in [6, 6.07) is 9.27. The Labute approximate surface area is 213 Å². The number of aromatic nitrogens is 3. The van der Waals surface area contributed by atoms with Gasteiger partial charge in [-0.1, -0.05) is 37.1 Å². The van der Waals surface area contributed by atoms with Crippen LogP contribution in [0.2, 0.25) is 5.15 Å². The Morgan fingerprint density at radius 2 is 1.78 bits per heavy atom. The molecule has 4 N–H and O–H groups in total. The smallest absolute Gasteiger partial charge is 0.335 e. The van der Waals surface area contributed by atoms with Crippen molar-refractivity contribution >= 4 is 29.4 Å². The summed E-state index contributed by atoms with van der Waals surface area (Å²) in [6.07, 6.45) is 5.76. The predicted octanol–water partition coefficient (Wildman–Crippen LogP) is 3.26. The molecule has 2 amide bonds. The summed E-state index contributed by atoms with van der Waals surface area (Å²) in [5.41, 5.74) is 3.53. The molecule has 190 valence electrons. The molecule has 0 saturated carbocycles. The average Bonchev–Trinajstić information content (AvgIpc) is 3.17. The lowest BCUT2D eigenvalue weighted by Gasteiger charge is -2.19. The van der Waals surface area contributed by atoms with Gasteiger partial charge in [0.05, 0.1) is 5.56 Å². The number of benzene rings is 1. The maximum atomic E-state index is 13.4. The van der Waals surface area contributed by atoms with Gasteiger partial charge in [-0.05, 0) is 48.2 Å². The topological polar surface area (TPSA) is 146 Å².